The second kappa shape index (κ2) is 8.80. The number of fused-ring (bicyclic) bond motifs is 1. The van der Waals surface area contributed by atoms with Crippen LogP contribution in [0.15, 0.2) is 42.5 Å². The molecule has 1 amide bonds. The predicted octanol–water partition coefficient (Wildman–Crippen LogP) is 3.88. The lowest BCUT2D eigenvalue weighted by Crippen LogP contribution is -2.37. The largest absolute Gasteiger partial charge is 0.497 e. The molecule has 0 saturated carbocycles. The van der Waals surface area contributed by atoms with Crippen molar-refractivity contribution in [3.63, 3.8) is 0 Å². The average molecular weight is 412 g/mol. The molecule has 0 bridgehead atoms. The van der Waals surface area contributed by atoms with Crippen LogP contribution in [-0.4, -0.2) is 49.0 Å². The van der Waals surface area contributed by atoms with Crippen molar-refractivity contribution in [1.82, 2.24) is 14.6 Å². The third-order valence-electron chi connectivity index (χ3n) is 5.43. The highest BCUT2D eigenvalue weighted by Gasteiger charge is 2.27. The number of carbonyl (C=O) groups is 1. The summed E-state index contributed by atoms with van der Waals surface area (Å²) in [6.45, 7) is 2.56. The smallest absolute Gasteiger partial charge is 0.271 e. The summed E-state index contributed by atoms with van der Waals surface area (Å²) in [5.74, 6) is 1.46. The van der Waals surface area contributed by atoms with Gasteiger partial charge < -0.3 is 14.8 Å². The number of amides is 1. The van der Waals surface area contributed by atoms with E-state index in [4.69, 9.17) is 9.47 Å². The first kappa shape index (κ1) is 19.7. The van der Waals surface area contributed by atoms with Crippen molar-refractivity contribution in [2.45, 2.75) is 18.9 Å². The number of nitrogens with zero attached hydrogens (tertiary/aromatic N) is 2. The normalized spacial score (nSPS) is 15.4. The van der Waals surface area contributed by atoms with Gasteiger partial charge in [-0.3, -0.25) is 9.69 Å². The number of rotatable bonds is 7. The molecule has 4 rings (SSSR count). The minimum absolute atomic E-state index is 0.0718. The quantitative estimate of drug-likeness (QED) is 0.639. The molecule has 6 nitrogen and oxygen atoms in total. The van der Waals surface area contributed by atoms with Crippen LogP contribution in [0.2, 0.25) is 0 Å². The van der Waals surface area contributed by atoms with Gasteiger partial charge in [0.25, 0.3) is 5.91 Å². The molecule has 0 spiro atoms. The molecule has 2 heterocycles. The molecule has 2 aromatic carbocycles. The van der Waals surface area contributed by atoms with Crippen molar-refractivity contribution < 1.29 is 14.3 Å². The maximum absolute atomic E-state index is 12.9. The third kappa shape index (κ3) is 4.06. The Labute approximate surface area is 174 Å². The standard InChI is InChI=1S/C22H25N3O3S/c1-27-15-9-10-17-20(13-15)29-24-21(17)22(26)23-14-18(25-11-5-6-12-25)16-7-3-4-8-19(16)28-2/h3-4,7-10,13,18H,5-6,11-12,14H2,1-2H3,(H,23,26)/t18-/m0/s1. The van der Waals surface area contributed by atoms with Crippen LogP contribution in [0.1, 0.15) is 34.9 Å². The average Bonchev–Trinajstić information content (AvgIpc) is 3.43. The number of likely N-dealkylation sites (tertiary alicyclic amines) is 1. The zero-order valence-corrected chi connectivity index (χ0v) is 17.5. The Hall–Kier alpha value is -2.64. The van der Waals surface area contributed by atoms with E-state index < -0.39 is 0 Å². The highest BCUT2D eigenvalue weighted by atomic mass is 32.1. The van der Waals surface area contributed by atoms with E-state index in [9.17, 15) is 4.79 Å². The van der Waals surface area contributed by atoms with Gasteiger partial charge in [0.15, 0.2) is 0 Å². The van der Waals surface area contributed by atoms with Gasteiger partial charge in [0, 0.05) is 17.5 Å². The molecule has 7 heteroatoms. The van der Waals surface area contributed by atoms with Crippen LogP contribution >= 0.6 is 11.5 Å². The SMILES string of the molecule is COc1ccc2c(C(=O)NC[C@@H](c3ccccc3OC)N3CCCC3)nsc2c1. The Morgan fingerprint density at radius 1 is 1.17 bits per heavy atom. The van der Waals surface area contributed by atoms with Crippen molar-refractivity contribution in [1.29, 1.82) is 0 Å². The van der Waals surface area contributed by atoms with Crippen LogP contribution in [0.4, 0.5) is 0 Å². The summed E-state index contributed by atoms with van der Waals surface area (Å²) in [7, 11) is 3.32. The van der Waals surface area contributed by atoms with E-state index in [1.807, 2.05) is 36.4 Å². The van der Waals surface area contributed by atoms with Crippen LogP contribution in [0.5, 0.6) is 11.5 Å². The highest BCUT2D eigenvalue weighted by Crippen LogP contribution is 2.32. The summed E-state index contributed by atoms with van der Waals surface area (Å²) in [6.07, 6.45) is 2.36. The van der Waals surface area contributed by atoms with E-state index in [0.29, 0.717) is 12.2 Å². The van der Waals surface area contributed by atoms with Crippen LogP contribution < -0.4 is 14.8 Å². The fourth-order valence-electron chi connectivity index (χ4n) is 3.91. The minimum Gasteiger partial charge on any atom is -0.497 e. The maximum atomic E-state index is 12.9. The van der Waals surface area contributed by atoms with Gasteiger partial charge in [-0.05, 0) is 61.7 Å². The van der Waals surface area contributed by atoms with E-state index >= 15 is 0 Å². The van der Waals surface area contributed by atoms with Crippen molar-refractivity contribution in [2.75, 3.05) is 33.9 Å². The summed E-state index contributed by atoms with van der Waals surface area (Å²) in [5.41, 5.74) is 1.57. The topological polar surface area (TPSA) is 63.7 Å². The number of hydrogen-bond donors (Lipinski definition) is 1. The van der Waals surface area contributed by atoms with Gasteiger partial charge in [0.05, 0.1) is 25.0 Å². The van der Waals surface area contributed by atoms with Crippen molar-refractivity contribution in [3.05, 3.63) is 53.7 Å². The summed E-state index contributed by atoms with van der Waals surface area (Å²) in [4.78, 5) is 15.4. The molecule has 1 aliphatic rings. The zero-order chi connectivity index (χ0) is 20.2. The number of carbonyl (C=O) groups excluding carboxylic acids is 1. The Balaban J connectivity index is 1.55. The number of nitrogens with one attached hydrogen (secondary N) is 1. The summed E-state index contributed by atoms with van der Waals surface area (Å²) >= 11 is 1.31. The number of hydrogen-bond acceptors (Lipinski definition) is 6. The lowest BCUT2D eigenvalue weighted by atomic mass is 10.0. The second-order valence-corrected chi connectivity index (χ2v) is 7.91. The molecule has 0 radical (unpaired) electrons. The predicted molar refractivity (Wildman–Crippen MR) is 115 cm³/mol. The number of benzene rings is 2. The molecule has 1 N–H and O–H groups in total. The van der Waals surface area contributed by atoms with Crippen molar-refractivity contribution in [3.8, 4) is 11.5 Å². The molecule has 1 atom stereocenters. The minimum atomic E-state index is -0.152. The molecule has 0 unspecified atom stereocenters. The number of ether oxygens (including phenoxy) is 2. The van der Waals surface area contributed by atoms with Crippen molar-refractivity contribution >= 4 is 27.5 Å². The van der Waals surface area contributed by atoms with Gasteiger partial charge in [0.1, 0.15) is 17.2 Å². The first-order chi connectivity index (χ1) is 14.2. The molecular weight excluding hydrogens is 386 g/mol. The third-order valence-corrected chi connectivity index (χ3v) is 6.24. The molecule has 29 heavy (non-hydrogen) atoms. The van der Waals surface area contributed by atoms with Gasteiger partial charge in [-0.15, -0.1) is 0 Å². The summed E-state index contributed by atoms with van der Waals surface area (Å²) in [5, 5.41) is 3.96. The molecule has 1 fully saturated rings. The van der Waals surface area contributed by atoms with Crippen LogP contribution in [-0.2, 0) is 0 Å². The first-order valence-electron chi connectivity index (χ1n) is 9.80. The fraction of sp³-hybridized carbons (Fsp3) is 0.364. The summed E-state index contributed by atoms with van der Waals surface area (Å²) in [6, 6.07) is 13.8. The van der Waals surface area contributed by atoms with Crippen LogP contribution in [0, 0.1) is 0 Å². The van der Waals surface area contributed by atoms with E-state index in [1.54, 1.807) is 14.2 Å². The fourth-order valence-corrected chi connectivity index (χ4v) is 4.72. The van der Waals surface area contributed by atoms with E-state index in [-0.39, 0.29) is 11.9 Å². The van der Waals surface area contributed by atoms with Crippen molar-refractivity contribution in [2.24, 2.45) is 0 Å². The highest BCUT2D eigenvalue weighted by molar-refractivity contribution is 7.13. The van der Waals surface area contributed by atoms with Gasteiger partial charge in [0.2, 0.25) is 0 Å². The first-order valence-corrected chi connectivity index (χ1v) is 10.6. The lowest BCUT2D eigenvalue weighted by molar-refractivity contribution is 0.0935. The monoisotopic (exact) mass is 411 g/mol. The molecular formula is C22H25N3O3S. The number of aromatic nitrogens is 1. The molecule has 1 aliphatic heterocycles. The Kier molecular flexibility index (Phi) is 5.97. The molecule has 3 aromatic rings. The Bertz CT molecular complexity index is 998. The van der Waals surface area contributed by atoms with Gasteiger partial charge in [-0.2, -0.15) is 4.37 Å². The number of para-hydroxylation sites is 1. The second-order valence-electron chi connectivity index (χ2n) is 7.10. The van der Waals surface area contributed by atoms with Crippen LogP contribution in [0.25, 0.3) is 10.1 Å². The van der Waals surface area contributed by atoms with E-state index in [1.165, 1.54) is 24.4 Å². The van der Waals surface area contributed by atoms with Gasteiger partial charge in [-0.1, -0.05) is 18.2 Å². The Morgan fingerprint density at radius 3 is 2.72 bits per heavy atom. The molecule has 0 aliphatic carbocycles. The van der Waals surface area contributed by atoms with Gasteiger partial charge >= 0.3 is 0 Å². The molecule has 1 aromatic heterocycles. The molecule has 1 saturated heterocycles. The molecule has 152 valence electrons. The van der Waals surface area contributed by atoms with Crippen LogP contribution in [0.3, 0.4) is 0 Å². The Morgan fingerprint density at radius 2 is 1.97 bits per heavy atom. The van der Waals surface area contributed by atoms with E-state index in [0.717, 1.165) is 40.2 Å². The maximum Gasteiger partial charge on any atom is 0.271 e. The van der Waals surface area contributed by atoms with E-state index in [2.05, 4.69) is 20.7 Å². The zero-order valence-electron chi connectivity index (χ0n) is 16.7. The number of methoxy groups -OCH3 is 2. The van der Waals surface area contributed by atoms with Gasteiger partial charge in [-0.25, -0.2) is 0 Å². The summed E-state index contributed by atoms with van der Waals surface area (Å²) < 4.78 is 16.2. The lowest BCUT2D eigenvalue weighted by Gasteiger charge is -2.29.